The van der Waals surface area contributed by atoms with Crippen molar-refractivity contribution in [3.05, 3.63) is 70.6 Å². The minimum atomic E-state index is -0.0561. The molecule has 1 saturated heterocycles. The maximum Gasteiger partial charge on any atom is 0.270 e. The van der Waals surface area contributed by atoms with E-state index in [1.165, 1.54) is 11.8 Å². The summed E-state index contributed by atoms with van der Waals surface area (Å²) in [5, 5.41) is 0. The number of aryl methyl sites for hydroxylation is 1. The number of carbonyl (C=O) groups excluding carboxylic acids is 1. The number of nitrogens with zero attached hydrogens (tertiary/aromatic N) is 1. The molecule has 4 heteroatoms. The molecule has 1 amide bonds. The van der Waals surface area contributed by atoms with Crippen LogP contribution in [-0.2, 0) is 4.79 Å². The monoisotopic (exact) mass is 311 g/mol. The summed E-state index contributed by atoms with van der Waals surface area (Å²) in [4.78, 5) is 14.8. The lowest BCUT2D eigenvalue weighted by Crippen LogP contribution is -2.27. The molecule has 1 aliphatic heterocycles. The molecule has 3 rings (SSSR count). The summed E-state index contributed by atoms with van der Waals surface area (Å²) in [7, 11) is 0. The average molecular weight is 311 g/mol. The molecule has 0 spiro atoms. The largest absolute Gasteiger partial charge is 0.270 e. The Labute approximate surface area is 133 Å². The molecule has 0 atom stereocenters. The molecule has 0 aromatic heterocycles. The normalized spacial score (nSPS) is 16.8. The van der Waals surface area contributed by atoms with Crippen molar-refractivity contribution in [1.82, 2.24) is 0 Å². The third-order valence-electron chi connectivity index (χ3n) is 3.28. The van der Waals surface area contributed by atoms with E-state index in [0.717, 1.165) is 16.8 Å². The molecule has 2 aromatic carbocycles. The topological polar surface area (TPSA) is 20.3 Å². The van der Waals surface area contributed by atoms with Crippen molar-refractivity contribution >= 4 is 46.0 Å². The van der Waals surface area contributed by atoms with Crippen LogP contribution in [0.3, 0.4) is 0 Å². The molecular formula is C17H13NOS2. The van der Waals surface area contributed by atoms with Gasteiger partial charge in [0, 0.05) is 0 Å². The molecule has 0 radical (unpaired) electrons. The van der Waals surface area contributed by atoms with Gasteiger partial charge in [-0.3, -0.25) is 9.69 Å². The van der Waals surface area contributed by atoms with Gasteiger partial charge in [0.25, 0.3) is 5.91 Å². The first-order chi connectivity index (χ1) is 10.2. The fraction of sp³-hybridized carbons (Fsp3) is 0.0588. The van der Waals surface area contributed by atoms with Gasteiger partial charge in [0.15, 0.2) is 4.32 Å². The number of hydrogen-bond donors (Lipinski definition) is 0. The van der Waals surface area contributed by atoms with Crippen LogP contribution in [0, 0.1) is 6.92 Å². The Hall–Kier alpha value is -1.91. The number of thiocarbonyl (C=S) groups is 1. The summed E-state index contributed by atoms with van der Waals surface area (Å²) in [5.74, 6) is -0.0561. The molecule has 1 fully saturated rings. The van der Waals surface area contributed by atoms with Gasteiger partial charge in [0.05, 0.1) is 10.6 Å². The first-order valence-electron chi connectivity index (χ1n) is 6.55. The predicted molar refractivity (Wildman–Crippen MR) is 93.3 cm³/mol. The molecule has 104 valence electrons. The number of benzene rings is 2. The van der Waals surface area contributed by atoms with Crippen LogP contribution in [0.25, 0.3) is 6.08 Å². The molecule has 0 N–H and O–H groups in total. The van der Waals surface area contributed by atoms with E-state index in [0.29, 0.717) is 9.23 Å². The van der Waals surface area contributed by atoms with E-state index in [-0.39, 0.29) is 5.91 Å². The smallest absolute Gasteiger partial charge is 0.268 e. The third kappa shape index (κ3) is 2.77. The van der Waals surface area contributed by atoms with Gasteiger partial charge in [-0.05, 0) is 36.3 Å². The van der Waals surface area contributed by atoms with Gasteiger partial charge >= 0.3 is 0 Å². The van der Waals surface area contributed by atoms with Gasteiger partial charge in [-0.25, -0.2) is 0 Å². The zero-order valence-corrected chi connectivity index (χ0v) is 13.1. The molecular weight excluding hydrogens is 298 g/mol. The predicted octanol–water partition coefficient (Wildman–Crippen LogP) is 4.40. The Kier molecular flexibility index (Phi) is 3.90. The quantitative estimate of drug-likeness (QED) is 0.605. The number of rotatable bonds is 2. The van der Waals surface area contributed by atoms with Crippen LogP contribution in [-0.4, -0.2) is 10.2 Å². The number of hydrogen-bond acceptors (Lipinski definition) is 3. The van der Waals surface area contributed by atoms with E-state index in [2.05, 4.69) is 0 Å². The second-order valence-corrected chi connectivity index (χ2v) is 6.39. The van der Waals surface area contributed by atoms with Crippen LogP contribution in [0.1, 0.15) is 11.1 Å². The molecule has 0 unspecified atom stereocenters. The maximum atomic E-state index is 12.6. The lowest BCUT2D eigenvalue weighted by molar-refractivity contribution is -0.113. The molecule has 21 heavy (non-hydrogen) atoms. The first kappa shape index (κ1) is 14.0. The van der Waals surface area contributed by atoms with Crippen LogP contribution >= 0.6 is 24.0 Å². The molecule has 2 aromatic rings. The summed E-state index contributed by atoms with van der Waals surface area (Å²) in [6.07, 6.45) is 1.91. The Morgan fingerprint density at radius 3 is 2.43 bits per heavy atom. The minimum absolute atomic E-state index is 0.0561. The average Bonchev–Trinajstić information content (AvgIpc) is 2.77. The Morgan fingerprint density at radius 1 is 1.05 bits per heavy atom. The van der Waals surface area contributed by atoms with Crippen molar-refractivity contribution in [2.75, 3.05) is 4.90 Å². The van der Waals surface area contributed by atoms with Crippen molar-refractivity contribution in [2.45, 2.75) is 6.92 Å². The fourth-order valence-corrected chi connectivity index (χ4v) is 3.45. The van der Waals surface area contributed by atoms with Crippen molar-refractivity contribution in [2.24, 2.45) is 0 Å². The molecule has 0 bridgehead atoms. The number of thioether (sulfide) groups is 1. The standard InChI is InChI=1S/C17H13NOS2/c1-12-7-5-6-8-13(12)11-15-16(19)18(17(20)21-15)14-9-3-2-4-10-14/h2-11H,1H3/b15-11+. The van der Waals surface area contributed by atoms with Gasteiger partial charge in [-0.1, -0.05) is 66.4 Å². The zero-order chi connectivity index (χ0) is 14.8. The lowest BCUT2D eigenvalue weighted by Gasteiger charge is -2.13. The highest BCUT2D eigenvalue weighted by Crippen LogP contribution is 2.36. The molecule has 1 heterocycles. The first-order valence-corrected chi connectivity index (χ1v) is 7.78. The summed E-state index contributed by atoms with van der Waals surface area (Å²) < 4.78 is 0.575. The van der Waals surface area contributed by atoms with Gasteiger partial charge in [-0.2, -0.15) is 0 Å². The summed E-state index contributed by atoms with van der Waals surface area (Å²) in [6.45, 7) is 2.03. The van der Waals surface area contributed by atoms with Crippen LogP contribution in [0.4, 0.5) is 5.69 Å². The highest BCUT2D eigenvalue weighted by Gasteiger charge is 2.33. The third-order valence-corrected chi connectivity index (χ3v) is 4.59. The Balaban J connectivity index is 1.96. The van der Waals surface area contributed by atoms with Crippen LogP contribution in [0.15, 0.2) is 59.5 Å². The van der Waals surface area contributed by atoms with Crippen molar-refractivity contribution in [3.63, 3.8) is 0 Å². The van der Waals surface area contributed by atoms with Crippen LogP contribution in [0.2, 0.25) is 0 Å². The summed E-state index contributed by atoms with van der Waals surface area (Å²) >= 11 is 6.70. The summed E-state index contributed by atoms with van der Waals surface area (Å²) in [5.41, 5.74) is 3.00. The zero-order valence-electron chi connectivity index (χ0n) is 11.4. The number of para-hydroxylation sites is 1. The SMILES string of the molecule is Cc1ccccc1/C=C1/SC(=S)N(c2ccccc2)C1=O. The van der Waals surface area contributed by atoms with Crippen molar-refractivity contribution in [3.8, 4) is 0 Å². The number of carbonyl (C=O) groups is 1. The van der Waals surface area contributed by atoms with Crippen LogP contribution < -0.4 is 4.90 Å². The second kappa shape index (κ2) is 5.84. The van der Waals surface area contributed by atoms with E-state index in [4.69, 9.17) is 12.2 Å². The van der Waals surface area contributed by atoms with E-state index >= 15 is 0 Å². The van der Waals surface area contributed by atoms with Crippen LogP contribution in [0.5, 0.6) is 0 Å². The van der Waals surface area contributed by atoms with Crippen molar-refractivity contribution < 1.29 is 4.79 Å². The van der Waals surface area contributed by atoms with E-state index in [9.17, 15) is 4.79 Å². The van der Waals surface area contributed by atoms with E-state index < -0.39 is 0 Å². The second-order valence-electron chi connectivity index (χ2n) is 4.71. The number of anilines is 1. The van der Waals surface area contributed by atoms with Gasteiger partial charge < -0.3 is 0 Å². The van der Waals surface area contributed by atoms with Gasteiger partial charge in [0.1, 0.15) is 0 Å². The highest BCUT2D eigenvalue weighted by atomic mass is 32.2. The maximum absolute atomic E-state index is 12.6. The van der Waals surface area contributed by atoms with E-state index in [1.807, 2.05) is 67.6 Å². The number of amides is 1. The minimum Gasteiger partial charge on any atom is -0.268 e. The molecule has 0 aliphatic carbocycles. The van der Waals surface area contributed by atoms with Gasteiger partial charge in [0.2, 0.25) is 0 Å². The van der Waals surface area contributed by atoms with E-state index in [1.54, 1.807) is 4.90 Å². The van der Waals surface area contributed by atoms with Gasteiger partial charge in [-0.15, -0.1) is 0 Å². The lowest BCUT2D eigenvalue weighted by atomic mass is 10.1. The Morgan fingerprint density at radius 2 is 1.71 bits per heavy atom. The molecule has 0 saturated carbocycles. The highest BCUT2D eigenvalue weighted by molar-refractivity contribution is 8.27. The molecule has 2 nitrogen and oxygen atoms in total. The fourth-order valence-electron chi connectivity index (χ4n) is 2.16. The van der Waals surface area contributed by atoms with Crippen molar-refractivity contribution in [1.29, 1.82) is 0 Å². The molecule has 1 aliphatic rings. The Bertz CT molecular complexity index is 737. The summed E-state index contributed by atoms with van der Waals surface area (Å²) in [6, 6.07) is 17.5.